The van der Waals surface area contributed by atoms with Gasteiger partial charge in [-0.25, -0.2) is 0 Å². The van der Waals surface area contributed by atoms with Crippen molar-refractivity contribution in [1.29, 1.82) is 0 Å². The Morgan fingerprint density at radius 3 is 2.39 bits per heavy atom. The van der Waals surface area contributed by atoms with Crippen molar-refractivity contribution in [1.82, 2.24) is 5.32 Å². The fraction of sp³-hybridized carbons (Fsp3) is 0.935. The summed E-state index contributed by atoms with van der Waals surface area (Å²) >= 11 is 0. The first-order valence-electron chi connectivity index (χ1n) is 15.9. The number of hydrogen-bond donors (Lipinski definition) is 5. The molecule has 0 radical (unpaired) electrons. The predicted octanol–water partition coefficient (Wildman–Crippen LogP) is 2.65. The van der Waals surface area contributed by atoms with E-state index in [2.05, 4.69) is 5.32 Å². The first kappa shape index (κ1) is 34.2. The third-order valence-electron chi connectivity index (χ3n) is 9.90. The number of ether oxygens (including phenoxy) is 3. The Hall–Kier alpha value is -1.30. The quantitative estimate of drug-likeness (QED) is 0.216. The second kappa shape index (κ2) is 17.1. The van der Waals surface area contributed by atoms with Gasteiger partial charge in [0.05, 0.1) is 24.5 Å². The minimum atomic E-state index is -0.511. The molecule has 1 saturated heterocycles. The summed E-state index contributed by atoms with van der Waals surface area (Å²) in [6.07, 6.45) is 7.32. The largest absolute Gasteiger partial charge is 0.462 e. The molecule has 11 atom stereocenters. The van der Waals surface area contributed by atoms with Gasteiger partial charge in [-0.05, 0) is 100 Å². The minimum Gasteiger partial charge on any atom is -0.462 e. The third-order valence-corrected chi connectivity index (χ3v) is 9.90. The molecule has 0 aromatic carbocycles. The van der Waals surface area contributed by atoms with Crippen LogP contribution in [0.1, 0.15) is 97.3 Å². The zero-order chi connectivity index (χ0) is 29.9. The van der Waals surface area contributed by atoms with Gasteiger partial charge in [-0.3, -0.25) is 9.59 Å². The Labute approximate surface area is 246 Å². The molecule has 3 fully saturated rings. The second-order valence-corrected chi connectivity index (χ2v) is 13.0. The van der Waals surface area contributed by atoms with Crippen molar-refractivity contribution >= 4 is 11.9 Å². The minimum absolute atomic E-state index is 0.0428. The summed E-state index contributed by atoms with van der Waals surface area (Å²) in [4.78, 5) is 24.4. The summed E-state index contributed by atoms with van der Waals surface area (Å²) < 4.78 is 17.3. The molecule has 10 nitrogen and oxygen atoms in total. The average Bonchev–Trinajstić information content (AvgIpc) is 2.89. The van der Waals surface area contributed by atoms with Crippen LogP contribution in [-0.4, -0.2) is 84.2 Å². The molecule has 0 bridgehead atoms. The van der Waals surface area contributed by atoms with E-state index in [9.17, 15) is 24.9 Å². The van der Waals surface area contributed by atoms with Crippen LogP contribution in [0.3, 0.4) is 0 Å². The molecule has 0 amide bonds. The number of piperidine rings is 1. The fourth-order valence-corrected chi connectivity index (χ4v) is 7.95. The van der Waals surface area contributed by atoms with Gasteiger partial charge in [0.1, 0.15) is 12.2 Å². The molecule has 10 heteroatoms. The van der Waals surface area contributed by atoms with Crippen LogP contribution in [0, 0.1) is 29.6 Å². The molecule has 1 aliphatic heterocycles. The molecule has 0 aromatic rings. The molecule has 1 heterocycles. The molecule has 2 aliphatic carbocycles. The van der Waals surface area contributed by atoms with Crippen molar-refractivity contribution in [3.63, 3.8) is 0 Å². The van der Waals surface area contributed by atoms with Crippen molar-refractivity contribution in [2.75, 3.05) is 20.3 Å². The molecule has 3 rings (SSSR count). The van der Waals surface area contributed by atoms with E-state index in [1.54, 1.807) is 7.11 Å². The van der Waals surface area contributed by atoms with Crippen molar-refractivity contribution in [3.05, 3.63) is 0 Å². The van der Waals surface area contributed by atoms with E-state index in [-0.39, 0.29) is 36.7 Å². The molecule has 0 spiro atoms. The second-order valence-electron chi connectivity index (χ2n) is 13.0. The van der Waals surface area contributed by atoms with Crippen LogP contribution in [0.2, 0.25) is 0 Å². The molecule has 3 aliphatic rings. The predicted molar refractivity (Wildman–Crippen MR) is 154 cm³/mol. The van der Waals surface area contributed by atoms with E-state index in [1.165, 1.54) is 13.8 Å². The number of esters is 2. The maximum atomic E-state index is 12.2. The lowest BCUT2D eigenvalue weighted by molar-refractivity contribution is -0.157. The van der Waals surface area contributed by atoms with Crippen molar-refractivity contribution < 1.29 is 39.1 Å². The first-order chi connectivity index (χ1) is 19.6. The molecule has 0 aromatic heterocycles. The Morgan fingerprint density at radius 1 is 0.976 bits per heavy atom. The van der Waals surface area contributed by atoms with Crippen LogP contribution in [0.25, 0.3) is 0 Å². The SMILES string of the molecule is COC1CC(CC[C@H](C[C@@H](OC(C)=O)[C@H]2C[C@H](O)CCC[C@H](CCO)C2)OC(C)=O)C(C2CCNC(N)C2)CC1O. The zero-order valence-electron chi connectivity index (χ0n) is 25.4. The van der Waals surface area contributed by atoms with Crippen LogP contribution < -0.4 is 11.1 Å². The third kappa shape index (κ3) is 11.0. The van der Waals surface area contributed by atoms with Crippen LogP contribution in [0.15, 0.2) is 0 Å². The molecule has 2 saturated carbocycles. The number of rotatable bonds is 12. The summed E-state index contributed by atoms with van der Waals surface area (Å²) in [7, 11) is 1.64. The van der Waals surface area contributed by atoms with Gasteiger partial charge in [0, 0.05) is 34.0 Å². The van der Waals surface area contributed by atoms with Gasteiger partial charge in [0.25, 0.3) is 0 Å². The lowest BCUT2D eigenvalue weighted by Gasteiger charge is -2.45. The monoisotopic (exact) mass is 584 g/mol. The summed E-state index contributed by atoms with van der Waals surface area (Å²) in [5.41, 5.74) is 6.24. The van der Waals surface area contributed by atoms with Crippen molar-refractivity contribution in [2.45, 2.75) is 134 Å². The number of aliphatic hydroxyl groups is 3. The molecule has 41 heavy (non-hydrogen) atoms. The van der Waals surface area contributed by atoms with Crippen LogP contribution >= 0.6 is 0 Å². The van der Waals surface area contributed by atoms with Crippen LogP contribution in [0.4, 0.5) is 0 Å². The lowest BCUT2D eigenvalue weighted by Crippen LogP contribution is -2.49. The number of carbonyl (C=O) groups is 2. The summed E-state index contributed by atoms with van der Waals surface area (Å²) in [5.74, 6) is 0.424. The first-order valence-corrected chi connectivity index (χ1v) is 15.9. The highest BCUT2D eigenvalue weighted by atomic mass is 16.6. The summed E-state index contributed by atoms with van der Waals surface area (Å²) in [6.45, 7) is 3.77. The van der Waals surface area contributed by atoms with Crippen molar-refractivity contribution in [3.8, 4) is 0 Å². The van der Waals surface area contributed by atoms with Crippen LogP contribution in [-0.2, 0) is 23.8 Å². The summed E-state index contributed by atoms with van der Waals surface area (Å²) in [5, 5.41) is 34.4. The fourth-order valence-electron chi connectivity index (χ4n) is 7.95. The topological polar surface area (TPSA) is 161 Å². The Balaban J connectivity index is 1.76. The number of nitrogens with two attached hydrogens (primary N) is 1. The molecular weight excluding hydrogens is 528 g/mol. The number of hydrogen-bond acceptors (Lipinski definition) is 10. The highest BCUT2D eigenvalue weighted by Crippen LogP contribution is 2.43. The van der Waals surface area contributed by atoms with Gasteiger partial charge in [-0.1, -0.05) is 12.8 Å². The lowest BCUT2D eigenvalue weighted by atomic mass is 9.66. The van der Waals surface area contributed by atoms with Gasteiger partial charge in [0.15, 0.2) is 0 Å². The Morgan fingerprint density at radius 2 is 1.73 bits per heavy atom. The summed E-state index contributed by atoms with van der Waals surface area (Å²) in [6, 6.07) is 0. The molecule has 6 unspecified atom stereocenters. The molecule has 238 valence electrons. The Bertz CT molecular complexity index is 800. The van der Waals surface area contributed by atoms with Gasteiger partial charge in [0.2, 0.25) is 0 Å². The number of nitrogens with one attached hydrogen (secondary N) is 1. The van der Waals surface area contributed by atoms with E-state index >= 15 is 0 Å². The average molecular weight is 585 g/mol. The van der Waals surface area contributed by atoms with Gasteiger partial charge in [-0.2, -0.15) is 0 Å². The van der Waals surface area contributed by atoms with E-state index in [1.807, 2.05) is 0 Å². The van der Waals surface area contributed by atoms with Gasteiger partial charge < -0.3 is 40.6 Å². The number of methoxy groups -OCH3 is 1. The van der Waals surface area contributed by atoms with E-state index in [0.29, 0.717) is 56.3 Å². The Kier molecular flexibility index (Phi) is 14.3. The molecule has 6 N–H and O–H groups in total. The maximum absolute atomic E-state index is 12.2. The van der Waals surface area contributed by atoms with E-state index < -0.39 is 30.4 Å². The van der Waals surface area contributed by atoms with Crippen LogP contribution in [0.5, 0.6) is 0 Å². The van der Waals surface area contributed by atoms with Gasteiger partial charge in [-0.15, -0.1) is 0 Å². The zero-order valence-corrected chi connectivity index (χ0v) is 25.4. The maximum Gasteiger partial charge on any atom is 0.302 e. The normalized spacial score (nSPS) is 36.4. The standard InChI is InChI=1S/C31H56N2O8/c1-19(35)40-26(17-29(41-20(2)36)24-13-21(10-12-34)5-4-6-25(37)14-24)8-7-22-15-30(39-3)28(38)18-27(22)23-9-11-33-31(32)16-23/h21-31,33-34,37-38H,4-18,32H2,1-3H3/t21-,22?,23?,24-,25-,26-,27?,28?,29-,30?,31?/m1/s1. The van der Waals surface area contributed by atoms with Gasteiger partial charge >= 0.3 is 11.9 Å². The smallest absolute Gasteiger partial charge is 0.302 e. The highest BCUT2D eigenvalue weighted by Gasteiger charge is 2.42. The number of aliphatic hydroxyl groups excluding tert-OH is 3. The van der Waals surface area contributed by atoms with E-state index in [0.717, 1.165) is 51.5 Å². The van der Waals surface area contributed by atoms with Crippen molar-refractivity contribution in [2.24, 2.45) is 35.3 Å². The van der Waals surface area contributed by atoms with E-state index in [4.69, 9.17) is 19.9 Å². The highest BCUT2D eigenvalue weighted by molar-refractivity contribution is 5.66. The molecular formula is C31H56N2O8. The number of carbonyl (C=O) groups excluding carboxylic acids is 2.